The van der Waals surface area contributed by atoms with Crippen molar-refractivity contribution >= 4 is 34.8 Å². The summed E-state index contributed by atoms with van der Waals surface area (Å²) in [6.45, 7) is 0. The number of anilines is 1. The Morgan fingerprint density at radius 2 is 1.55 bits per heavy atom. The highest BCUT2D eigenvalue weighted by molar-refractivity contribution is 6.32. The molecule has 7 rings (SSSR count). The van der Waals surface area contributed by atoms with Gasteiger partial charge in [-0.1, -0.05) is 78.9 Å². The number of methoxy groups -OCH3 is 1. The number of benzene rings is 4. The van der Waals surface area contributed by atoms with Gasteiger partial charge in [-0.25, -0.2) is 0 Å². The SMILES string of the molecule is COc1cccc(C(=O)[C@@H]2[C@@H](c3ccc([N+](=O)[O-])cc3)C3(C(=O)c4ccccc4C3=O)[C@@H]3C=Cc4ccccc4N23)c1. The largest absolute Gasteiger partial charge is 0.497 e. The van der Waals surface area contributed by atoms with E-state index < -0.39 is 28.3 Å². The number of nitro benzene ring substituents is 1. The first-order valence-electron chi connectivity index (χ1n) is 13.5. The van der Waals surface area contributed by atoms with Crippen molar-refractivity contribution in [2.75, 3.05) is 12.0 Å². The van der Waals surface area contributed by atoms with Gasteiger partial charge in [0.05, 0.1) is 18.1 Å². The number of nitrogens with zero attached hydrogens (tertiary/aromatic N) is 2. The van der Waals surface area contributed by atoms with Gasteiger partial charge in [-0.15, -0.1) is 0 Å². The minimum Gasteiger partial charge on any atom is -0.497 e. The van der Waals surface area contributed by atoms with Crippen molar-refractivity contribution in [2.45, 2.75) is 18.0 Å². The number of non-ortho nitro benzene ring substituents is 1. The fourth-order valence-electron chi connectivity index (χ4n) is 7.04. The Kier molecular flexibility index (Phi) is 5.69. The molecule has 8 nitrogen and oxygen atoms in total. The molecule has 4 aromatic carbocycles. The molecule has 206 valence electrons. The summed E-state index contributed by atoms with van der Waals surface area (Å²) in [6, 6.07) is 25.2. The maximum Gasteiger partial charge on any atom is 0.269 e. The Morgan fingerprint density at radius 1 is 0.881 bits per heavy atom. The van der Waals surface area contributed by atoms with Crippen LogP contribution in [-0.4, -0.2) is 41.5 Å². The standard InChI is InChI=1S/C34H24N2O6/c1-42-24-9-6-8-22(19-24)31(37)30-29(21-13-16-23(17-14-21)36(40)41)34(32(38)25-10-3-4-11-26(25)33(34)39)28-18-15-20-7-2-5-12-27(20)35(28)30/h2-19,28-30H,1H3/t28-,29+,30-/m0/s1. The van der Waals surface area contributed by atoms with Gasteiger partial charge in [-0.3, -0.25) is 24.5 Å². The lowest BCUT2D eigenvalue weighted by atomic mass is 9.64. The predicted octanol–water partition coefficient (Wildman–Crippen LogP) is 5.92. The van der Waals surface area contributed by atoms with Crippen molar-refractivity contribution in [1.82, 2.24) is 0 Å². The van der Waals surface area contributed by atoms with Crippen LogP contribution in [0.5, 0.6) is 5.75 Å². The number of fused-ring (bicyclic) bond motifs is 5. The fraction of sp³-hybridized carbons (Fsp3) is 0.147. The molecule has 0 N–H and O–H groups in total. The number of hydrogen-bond donors (Lipinski definition) is 0. The van der Waals surface area contributed by atoms with Gasteiger partial charge in [0, 0.05) is 40.4 Å². The number of nitro groups is 1. The number of rotatable bonds is 5. The quantitative estimate of drug-likeness (QED) is 0.130. The molecular formula is C34H24N2O6. The van der Waals surface area contributed by atoms with Crippen LogP contribution in [0.1, 0.15) is 48.1 Å². The van der Waals surface area contributed by atoms with Crippen LogP contribution in [0.2, 0.25) is 0 Å². The summed E-state index contributed by atoms with van der Waals surface area (Å²) in [5.41, 5.74) is 1.27. The zero-order chi connectivity index (χ0) is 29.2. The summed E-state index contributed by atoms with van der Waals surface area (Å²) in [5, 5.41) is 11.5. The number of carbonyl (C=O) groups excluding carboxylic acids is 3. The second-order valence-electron chi connectivity index (χ2n) is 10.7. The minimum absolute atomic E-state index is 0.128. The predicted molar refractivity (Wildman–Crippen MR) is 156 cm³/mol. The molecule has 0 unspecified atom stereocenters. The van der Waals surface area contributed by atoms with Gasteiger partial charge in [0.2, 0.25) is 0 Å². The molecule has 1 fully saturated rings. The van der Waals surface area contributed by atoms with Gasteiger partial charge in [0.15, 0.2) is 17.3 Å². The third-order valence-corrected chi connectivity index (χ3v) is 8.80. The lowest BCUT2D eigenvalue weighted by molar-refractivity contribution is -0.384. The van der Waals surface area contributed by atoms with Crippen molar-refractivity contribution in [1.29, 1.82) is 0 Å². The normalized spacial score (nSPS) is 21.2. The molecule has 1 saturated heterocycles. The van der Waals surface area contributed by atoms with E-state index in [0.29, 0.717) is 28.0 Å². The lowest BCUT2D eigenvalue weighted by Crippen LogP contribution is -2.48. The molecule has 0 aromatic heterocycles. The van der Waals surface area contributed by atoms with Gasteiger partial charge in [-0.05, 0) is 29.3 Å². The van der Waals surface area contributed by atoms with E-state index in [2.05, 4.69) is 0 Å². The first-order valence-corrected chi connectivity index (χ1v) is 13.5. The van der Waals surface area contributed by atoms with E-state index in [9.17, 15) is 24.5 Å². The summed E-state index contributed by atoms with van der Waals surface area (Å²) in [6.07, 6.45) is 3.74. The van der Waals surface area contributed by atoms with Crippen molar-refractivity contribution in [3.05, 3.63) is 141 Å². The smallest absolute Gasteiger partial charge is 0.269 e. The van der Waals surface area contributed by atoms with Gasteiger partial charge in [-0.2, -0.15) is 0 Å². The maximum absolute atomic E-state index is 14.7. The fourth-order valence-corrected chi connectivity index (χ4v) is 7.04. The van der Waals surface area contributed by atoms with Crippen LogP contribution in [0.4, 0.5) is 11.4 Å². The average Bonchev–Trinajstić information content (AvgIpc) is 3.47. The molecule has 8 heteroatoms. The molecule has 3 atom stereocenters. The molecule has 2 aliphatic heterocycles. The van der Waals surface area contributed by atoms with Crippen LogP contribution in [0.25, 0.3) is 6.08 Å². The van der Waals surface area contributed by atoms with E-state index in [1.807, 2.05) is 41.3 Å². The highest BCUT2D eigenvalue weighted by Crippen LogP contribution is 2.61. The van der Waals surface area contributed by atoms with E-state index >= 15 is 0 Å². The summed E-state index contributed by atoms with van der Waals surface area (Å²) in [5.74, 6) is -1.46. The minimum atomic E-state index is -1.68. The van der Waals surface area contributed by atoms with Gasteiger partial charge >= 0.3 is 0 Å². The van der Waals surface area contributed by atoms with Crippen LogP contribution < -0.4 is 9.64 Å². The second kappa shape index (κ2) is 9.34. The maximum atomic E-state index is 14.7. The first-order chi connectivity index (χ1) is 20.4. The highest BCUT2D eigenvalue weighted by Gasteiger charge is 2.71. The Balaban J connectivity index is 1.53. The second-order valence-corrected chi connectivity index (χ2v) is 10.7. The number of para-hydroxylation sites is 1. The van der Waals surface area contributed by atoms with Crippen molar-refractivity contribution in [3.63, 3.8) is 0 Å². The molecule has 3 aliphatic rings. The van der Waals surface area contributed by atoms with E-state index in [-0.39, 0.29) is 23.0 Å². The third-order valence-electron chi connectivity index (χ3n) is 8.80. The van der Waals surface area contributed by atoms with Crippen molar-refractivity contribution < 1.29 is 24.0 Å². The Bertz CT molecular complexity index is 1810. The van der Waals surface area contributed by atoms with E-state index in [1.165, 1.54) is 19.2 Å². The van der Waals surface area contributed by atoms with Crippen LogP contribution in [0, 0.1) is 15.5 Å². The number of Topliss-reactive ketones (excluding diaryl/α,β-unsaturated/α-hetero) is 3. The lowest BCUT2D eigenvalue weighted by Gasteiger charge is -2.37. The van der Waals surface area contributed by atoms with Crippen molar-refractivity contribution in [3.8, 4) is 5.75 Å². The number of hydrogen-bond acceptors (Lipinski definition) is 7. The van der Waals surface area contributed by atoms with Crippen molar-refractivity contribution in [2.24, 2.45) is 5.41 Å². The zero-order valence-corrected chi connectivity index (χ0v) is 22.5. The van der Waals surface area contributed by atoms with Gasteiger partial charge in [0.25, 0.3) is 5.69 Å². The van der Waals surface area contributed by atoms with Gasteiger partial charge < -0.3 is 9.64 Å². The first kappa shape index (κ1) is 25.6. The van der Waals surface area contributed by atoms with Crippen LogP contribution in [0.15, 0.2) is 103 Å². The third kappa shape index (κ3) is 3.38. The average molecular weight is 557 g/mol. The van der Waals surface area contributed by atoms with Crippen LogP contribution >= 0.6 is 0 Å². The summed E-state index contributed by atoms with van der Waals surface area (Å²) in [7, 11) is 1.52. The number of ketones is 3. The summed E-state index contributed by atoms with van der Waals surface area (Å²) < 4.78 is 5.40. The Hall–Kier alpha value is -5.37. The summed E-state index contributed by atoms with van der Waals surface area (Å²) >= 11 is 0. The molecule has 0 bridgehead atoms. The monoisotopic (exact) mass is 556 g/mol. The van der Waals surface area contributed by atoms with Crippen LogP contribution in [-0.2, 0) is 0 Å². The van der Waals surface area contributed by atoms with E-state index in [1.54, 1.807) is 60.7 Å². The highest BCUT2D eigenvalue weighted by atomic mass is 16.6. The number of carbonyl (C=O) groups is 3. The van der Waals surface area contributed by atoms with Gasteiger partial charge in [0.1, 0.15) is 17.2 Å². The molecular weight excluding hydrogens is 532 g/mol. The molecule has 0 radical (unpaired) electrons. The molecule has 2 heterocycles. The molecule has 1 aliphatic carbocycles. The van der Waals surface area contributed by atoms with E-state index in [4.69, 9.17) is 4.74 Å². The number of ether oxygens (including phenoxy) is 1. The zero-order valence-electron chi connectivity index (χ0n) is 22.5. The topological polar surface area (TPSA) is 107 Å². The molecule has 4 aromatic rings. The Labute approximate surface area is 241 Å². The molecule has 0 amide bonds. The molecule has 42 heavy (non-hydrogen) atoms. The summed E-state index contributed by atoms with van der Waals surface area (Å²) in [4.78, 5) is 56.9. The molecule has 0 saturated carbocycles. The Morgan fingerprint density at radius 3 is 2.21 bits per heavy atom. The molecule has 1 spiro atoms. The van der Waals surface area contributed by atoms with Crippen LogP contribution in [0.3, 0.4) is 0 Å². The van der Waals surface area contributed by atoms with E-state index in [0.717, 1.165) is 11.3 Å².